The molecule has 0 unspecified atom stereocenters. The molecule has 0 aromatic heterocycles. The van der Waals surface area contributed by atoms with Crippen molar-refractivity contribution in [1.29, 1.82) is 0 Å². The van der Waals surface area contributed by atoms with Gasteiger partial charge in [0.25, 0.3) is 5.91 Å². The van der Waals surface area contributed by atoms with E-state index in [9.17, 15) is 23.1 Å². The minimum atomic E-state index is -1.77. The van der Waals surface area contributed by atoms with E-state index in [2.05, 4.69) is 0 Å². The Morgan fingerprint density at radius 1 is 1.31 bits per heavy atom. The van der Waals surface area contributed by atoms with Gasteiger partial charge in [0.1, 0.15) is 11.4 Å². The van der Waals surface area contributed by atoms with Crippen molar-refractivity contribution < 1.29 is 23.1 Å². The summed E-state index contributed by atoms with van der Waals surface area (Å²) < 4.78 is 38.6. The van der Waals surface area contributed by atoms with Crippen molar-refractivity contribution >= 4 is 11.6 Å². The van der Waals surface area contributed by atoms with Crippen LogP contribution in [0.15, 0.2) is 12.1 Å². The number of benzene rings is 1. The average molecular weight is 233 g/mol. The van der Waals surface area contributed by atoms with Gasteiger partial charge in [-0.3, -0.25) is 4.79 Å². The van der Waals surface area contributed by atoms with E-state index in [4.69, 9.17) is 0 Å². The molecular formula is C10H10F3NO2. The van der Waals surface area contributed by atoms with E-state index in [1.54, 1.807) is 0 Å². The zero-order chi connectivity index (χ0) is 12.5. The van der Waals surface area contributed by atoms with E-state index in [0.717, 1.165) is 13.8 Å². The lowest BCUT2D eigenvalue weighted by atomic mass is 10.1. The number of carbonyl (C=O) groups excluding carboxylic acids is 1. The van der Waals surface area contributed by atoms with Crippen LogP contribution in [0.4, 0.5) is 18.9 Å². The molecule has 16 heavy (non-hydrogen) atoms. The SMILES string of the molecule is CC(C)(O)C(=O)Nc1cc(F)cc(F)c1F. The normalized spacial score (nSPS) is 11.4. The molecule has 0 saturated carbocycles. The average Bonchev–Trinajstić information content (AvgIpc) is 2.11. The van der Waals surface area contributed by atoms with Crippen molar-refractivity contribution in [2.24, 2.45) is 0 Å². The highest BCUT2D eigenvalue weighted by atomic mass is 19.2. The first-order chi connectivity index (χ1) is 7.21. The lowest BCUT2D eigenvalue weighted by molar-refractivity contribution is -0.130. The standard InChI is InChI=1S/C10H10F3NO2/c1-10(2,16)9(15)14-7-4-5(11)3-6(12)8(7)13/h3-4,16H,1-2H3,(H,14,15). The predicted molar refractivity (Wildman–Crippen MR) is 51.2 cm³/mol. The van der Waals surface area contributed by atoms with Crippen LogP contribution in [-0.4, -0.2) is 16.6 Å². The topological polar surface area (TPSA) is 49.3 Å². The molecule has 0 heterocycles. The van der Waals surface area contributed by atoms with Crippen LogP contribution in [-0.2, 0) is 4.79 Å². The molecule has 1 amide bonds. The number of aliphatic hydroxyl groups is 1. The van der Waals surface area contributed by atoms with Crippen LogP contribution in [0.2, 0.25) is 0 Å². The van der Waals surface area contributed by atoms with Gasteiger partial charge in [-0.25, -0.2) is 13.2 Å². The Morgan fingerprint density at radius 2 is 1.88 bits per heavy atom. The number of rotatable bonds is 2. The zero-order valence-electron chi connectivity index (χ0n) is 8.64. The third-order valence-corrected chi connectivity index (χ3v) is 1.80. The van der Waals surface area contributed by atoms with E-state index in [0.29, 0.717) is 12.1 Å². The van der Waals surface area contributed by atoms with Crippen LogP contribution in [0.25, 0.3) is 0 Å². The molecule has 2 N–H and O–H groups in total. The lowest BCUT2D eigenvalue weighted by Gasteiger charge is -2.17. The highest BCUT2D eigenvalue weighted by molar-refractivity contribution is 5.96. The fourth-order valence-electron chi connectivity index (χ4n) is 0.922. The molecule has 0 fully saturated rings. The molecule has 0 aliphatic carbocycles. The molecule has 0 atom stereocenters. The van der Waals surface area contributed by atoms with Crippen molar-refractivity contribution in [2.75, 3.05) is 5.32 Å². The molecule has 0 radical (unpaired) electrons. The van der Waals surface area contributed by atoms with Gasteiger partial charge in [-0.15, -0.1) is 0 Å². The summed E-state index contributed by atoms with van der Waals surface area (Å²) in [6.07, 6.45) is 0. The smallest absolute Gasteiger partial charge is 0.255 e. The summed E-state index contributed by atoms with van der Waals surface area (Å²) in [6, 6.07) is 0.983. The Balaban J connectivity index is 3.03. The highest BCUT2D eigenvalue weighted by Gasteiger charge is 2.25. The lowest BCUT2D eigenvalue weighted by Crippen LogP contribution is -2.37. The predicted octanol–water partition coefficient (Wildman–Crippen LogP) is 1.81. The summed E-state index contributed by atoms with van der Waals surface area (Å²) in [4.78, 5) is 11.2. The van der Waals surface area contributed by atoms with Crippen LogP contribution < -0.4 is 5.32 Å². The highest BCUT2D eigenvalue weighted by Crippen LogP contribution is 2.20. The monoisotopic (exact) mass is 233 g/mol. The van der Waals surface area contributed by atoms with Crippen LogP contribution >= 0.6 is 0 Å². The van der Waals surface area contributed by atoms with Crippen LogP contribution in [0, 0.1) is 17.5 Å². The maximum Gasteiger partial charge on any atom is 0.255 e. The minimum Gasteiger partial charge on any atom is -0.381 e. The largest absolute Gasteiger partial charge is 0.381 e. The van der Waals surface area contributed by atoms with E-state index in [1.807, 2.05) is 5.32 Å². The van der Waals surface area contributed by atoms with Gasteiger partial charge in [0, 0.05) is 12.1 Å². The second-order valence-electron chi connectivity index (χ2n) is 3.76. The molecule has 1 rings (SSSR count). The summed E-state index contributed by atoms with van der Waals surface area (Å²) in [5.74, 6) is -4.77. The van der Waals surface area contributed by atoms with Gasteiger partial charge in [-0.1, -0.05) is 0 Å². The molecule has 0 spiro atoms. The Bertz CT molecular complexity index is 427. The first-order valence-corrected chi connectivity index (χ1v) is 4.40. The fourth-order valence-corrected chi connectivity index (χ4v) is 0.922. The second kappa shape index (κ2) is 4.13. The van der Waals surface area contributed by atoms with Crippen LogP contribution in [0.1, 0.15) is 13.8 Å². The Kier molecular flexibility index (Phi) is 3.23. The van der Waals surface area contributed by atoms with E-state index < -0.39 is 34.6 Å². The maximum absolute atomic E-state index is 13.1. The van der Waals surface area contributed by atoms with E-state index in [1.165, 1.54) is 0 Å². The molecule has 0 bridgehead atoms. The summed E-state index contributed by atoms with van der Waals surface area (Å²) in [6.45, 7) is 2.33. The molecule has 1 aromatic carbocycles. The first kappa shape index (κ1) is 12.5. The Labute approximate surface area is 89.9 Å². The molecule has 3 nitrogen and oxygen atoms in total. The Hall–Kier alpha value is -1.56. The maximum atomic E-state index is 13.1. The number of amides is 1. The Morgan fingerprint density at radius 3 is 2.38 bits per heavy atom. The quantitative estimate of drug-likeness (QED) is 0.765. The van der Waals surface area contributed by atoms with Crippen molar-refractivity contribution in [3.05, 3.63) is 29.6 Å². The number of carbonyl (C=O) groups is 1. The van der Waals surface area contributed by atoms with Crippen LogP contribution in [0.3, 0.4) is 0 Å². The van der Waals surface area contributed by atoms with Crippen molar-refractivity contribution in [2.45, 2.75) is 19.4 Å². The van der Waals surface area contributed by atoms with Gasteiger partial charge in [0.05, 0.1) is 5.69 Å². The van der Waals surface area contributed by atoms with Gasteiger partial charge in [0.15, 0.2) is 11.6 Å². The van der Waals surface area contributed by atoms with Gasteiger partial charge >= 0.3 is 0 Å². The second-order valence-corrected chi connectivity index (χ2v) is 3.76. The van der Waals surface area contributed by atoms with Gasteiger partial charge in [0.2, 0.25) is 0 Å². The zero-order valence-corrected chi connectivity index (χ0v) is 8.64. The molecule has 1 aromatic rings. The van der Waals surface area contributed by atoms with E-state index >= 15 is 0 Å². The summed E-state index contributed by atoms with van der Waals surface area (Å²) >= 11 is 0. The minimum absolute atomic E-state index is 0.356. The summed E-state index contributed by atoms with van der Waals surface area (Å²) in [5.41, 5.74) is -2.42. The first-order valence-electron chi connectivity index (χ1n) is 4.40. The third kappa shape index (κ3) is 2.73. The van der Waals surface area contributed by atoms with Crippen molar-refractivity contribution in [3.8, 4) is 0 Å². The van der Waals surface area contributed by atoms with Gasteiger partial charge < -0.3 is 10.4 Å². The van der Waals surface area contributed by atoms with Crippen molar-refractivity contribution in [3.63, 3.8) is 0 Å². The fraction of sp³-hybridized carbons (Fsp3) is 0.300. The van der Waals surface area contributed by atoms with E-state index in [-0.39, 0.29) is 0 Å². The number of hydrogen-bond donors (Lipinski definition) is 2. The summed E-state index contributed by atoms with van der Waals surface area (Å²) in [7, 11) is 0. The number of anilines is 1. The van der Waals surface area contributed by atoms with Crippen LogP contribution in [0.5, 0.6) is 0 Å². The molecule has 6 heteroatoms. The van der Waals surface area contributed by atoms with Crippen molar-refractivity contribution in [1.82, 2.24) is 0 Å². The van der Waals surface area contributed by atoms with Gasteiger partial charge in [-0.2, -0.15) is 0 Å². The third-order valence-electron chi connectivity index (χ3n) is 1.80. The molecule has 0 aliphatic rings. The molecular weight excluding hydrogens is 223 g/mol. The van der Waals surface area contributed by atoms with Gasteiger partial charge in [-0.05, 0) is 13.8 Å². The number of nitrogens with one attached hydrogen (secondary N) is 1. The molecule has 88 valence electrons. The number of hydrogen-bond acceptors (Lipinski definition) is 2. The summed E-state index contributed by atoms with van der Waals surface area (Å²) in [5, 5.41) is 11.1. The molecule has 0 saturated heterocycles. The molecule has 0 aliphatic heterocycles. The number of halogens is 3.